The van der Waals surface area contributed by atoms with Crippen LogP contribution in [0.15, 0.2) is 48.5 Å². The van der Waals surface area contributed by atoms with Gasteiger partial charge in [-0.3, -0.25) is 9.59 Å². The lowest BCUT2D eigenvalue weighted by Crippen LogP contribution is -2.41. The highest BCUT2D eigenvalue weighted by Gasteiger charge is 2.19. The first-order valence-electron chi connectivity index (χ1n) is 7.04. The van der Waals surface area contributed by atoms with Crippen LogP contribution in [0.1, 0.15) is 5.56 Å². The van der Waals surface area contributed by atoms with Crippen molar-refractivity contribution >= 4 is 40.7 Å². The third kappa shape index (κ3) is 4.71. The van der Waals surface area contributed by atoms with E-state index in [-0.39, 0.29) is 0 Å². The van der Waals surface area contributed by atoms with E-state index in [1.54, 1.807) is 49.5 Å². The Morgan fingerprint density at radius 3 is 2.43 bits per heavy atom. The first kappa shape index (κ1) is 17.3. The predicted molar refractivity (Wildman–Crippen MR) is 93.0 cm³/mol. The molecule has 0 radical (unpaired) electrons. The first-order chi connectivity index (χ1) is 11.0. The average Bonchev–Trinajstić information content (AvgIpc) is 2.56. The highest BCUT2D eigenvalue weighted by atomic mass is 35.5. The van der Waals surface area contributed by atoms with Crippen LogP contribution in [0.2, 0.25) is 10.0 Å². The number of carbonyl (C=O) groups is 2. The predicted octanol–water partition coefficient (Wildman–Crippen LogP) is 3.32. The molecule has 0 saturated carbocycles. The Morgan fingerprint density at radius 2 is 1.78 bits per heavy atom. The van der Waals surface area contributed by atoms with Crippen molar-refractivity contribution in [2.45, 2.75) is 6.42 Å². The molecule has 4 nitrogen and oxygen atoms in total. The van der Waals surface area contributed by atoms with E-state index in [1.807, 2.05) is 6.07 Å². The van der Waals surface area contributed by atoms with Gasteiger partial charge >= 0.3 is 11.8 Å². The van der Waals surface area contributed by atoms with Gasteiger partial charge in [0, 0.05) is 29.3 Å². The fraction of sp³-hybridized carbons (Fsp3) is 0.176. The molecule has 0 aliphatic rings. The fourth-order valence-electron chi connectivity index (χ4n) is 2.03. The smallest absolute Gasteiger partial charge is 0.316 e. The maximum absolute atomic E-state index is 12.1. The summed E-state index contributed by atoms with van der Waals surface area (Å²) in [5.74, 6) is -1.26. The third-order valence-corrected chi connectivity index (χ3v) is 3.92. The number of nitrogens with zero attached hydrogens (tertiary/aromatic N) is 1. The van der Waals surface area contributed by atoms with Gasteiger partial charge in [0.15, 0.2) is 0 Å². The van der Waals surface area contributed by atoms with Crippen LogP contribution in [0.4, 0.5) is 5.69 Å². The summed E-state index contributed by atoms with van der Waals surface area (Å²) >= 11 is 11.9. The molecule has 0 spiro atoms. The molecule has 2 amide bonds. The van der Waals surface area contributed by atoms with Crippen LogP contribution in [-0.2, 0) is 16.0 Å². The zero-order valence-corrected chi connectivity index (χ0v) is 14.1. The SMILES string of the molecule is CN(C(=O)C(=O)NCCc1ccc(Cl)cc1Cl)c1ccccc1. The van der Waals surface area contributed by atoms with Crippen molar-refractivity contribution in [3.8, 4) is 0 Å². The van der Waals surface area contributed by atoms with Crippen molar-refractivity contribution in [2.24, 2.45) is 0 Å². The zero-order chi connectivity index (χ0) is 16.8. The number of benzene rings is 2. The fourth-order valence-corrected chi connectivity index (χ4v) is 2.53. The molecule has 2 aromatic carbocycles. The summed E-state index contributed by atoms with van der Waals surface area (Å²) in [4.78, 5) is 25.3. The van der Waals surface area contributed by atoms with Gasteiger partial charge in [-0.1, -0.05) is 47.5 Å². The largest absolute Gasteiger partial charge is 0.347 e. The van der Waals surface area contributed by atoms with E-state index < -0.39 is 11.8 Å². The minimum absolute atomic E-state index is 0.314. The first-order valence-corrected chi connectivity index (χ1v) is 7.79. The molecule has 0 atom stereocenters. The number of hydrogen-bond acceptors (Lipinski definition) is 2. The van der Waals surface area contributed by atoms with Gasteiger partial charge < -0.3 is 10.2 Å². The molecule has 0 unspecified atom stereocenters. The Balaban J connectivity index is 1.88. The molecule has 23 heavy (non-hydrogen) atoms. The number of nitrogens with one attached hydrogen (secondary N) is 1. The van der Waals surface area contributed by atoms with Crippen LogP contribution in [0.25, 0.3) is 0 Å². The molecule has 0 aliphatic heterocycles. The maximum Gasteiger partial charge on any atom is 0.316 e. The van der Waals surface area contributed by atoms with Gasteiger partial charge in [-0.25, -0.2) is 0 Å². The van der Waals surface area contributed by atoms with Crippen molar-refractivity contribution in [2.75, 3.05) is 18.5 Å². The zero-order valence-electron chi connectivity index (χ0n) is 12.6. The number of para-hydroxylation sites is 1. The van der Waals surface area contributed by atoms with Gasteiger partial charge in [-0.15, -0.1) is 0 Å². The Bertz CT molecular complexity index is 705. The van der Waals surface area contributed by atoms with Crippen molar-refractivity contribution in [3.05, 3.63) is 64.1 Å². The molecule has 0 saturated heterocycles. The molecule has 2 aromatic rings. The van der Waals surface area contributed by atoms with E-state index in [4.69, 9.17) is 23.2 Å². The van der Waals surface area contributed by atoms with Crippen molar-refractivity contribution in [1.82, 2.24) is 5.32 Å². The summed E-state index contributed by atoms with van der Waals surface area (Å²) in [6.45, 7) is 0.314. The molecule has 0 heterocycles. The molecule has 6 heteroatoms. The Labute approximate surface area is 145 Å². The van der Waals surface area contributed by atoms with E-state index in [2.05, 4.69) is 5.32 Å². The molecule has 2 rings (SSSR count). The minimum Gasteiger partial charge on any atom is -0.347 e. The number of halogens is 2. The van der Waals surface area contributed by atoms with Crippen LogP contribution < -0.4 is 10.2 Å². The molecule has 1 N–H and O–H groups in total. The third-order valence-electron chi connectivity index (χ3n) is 3.34. The molecule has 0 bridgehead atoms. The molecular weight excluding hydrogens is 335 g/mol. The van der Waals surface area contributed by atoms with Gasteiger partial charge in [0.2, 0.25) is 0 Å². The summed E-state index contributed by atoms with van der Waals surface area (Å²) in [5, 5.41) is 3.70. The number of carbonyl (C=O) groups excluding carboxylic acids is 2. The lowest BCUT2D eigenvalue weighted by Gasteiger charge is -2.16. The lowest BCUT2D eigenvalue weighted by molar-refractivity contribution is -0.137. The van der Waals surface area contributed by atoms with E-state index in [9.17, 15) is 9.59 Å². The van der Waals surface area contributed by atoms with Gasteiger partial charge in [0.05, 0.1) is 0 Å². The van der Waals surface area contributed by atoms with Crippen LogP contribution in [0, 0.1) is 0 Å². The standard InChI is InChI=1S/C17H16Cl2N2O2/c1-21(14-5-3-2-4-6-14)17(23)16(22)20-10-9-12-7-8-13(18)11-15(12)19/h2-8,11H,9-10H2,1H3,(H,20,22). The monoisotopic (exact) mass is 350 g/mol. The summed E-state index contributed by atoms with van der Waals surface area (Å²) in [6.07, 6.45) is 0.518. The van der Waals surface area contributed by atoms with Gasteiger partial charge in [-0.05, 0) is 36.2 Å². The Kier molecular flexibility index (Phi) is 6.02. The van der Waals surface area contributed by atoms with Crippen LogP contribution >= 0.6 is 23.2 Å². The second kappa shape index (κ2) is 7.99. The highest BCUT2D eigenvalue weighted by molar-refractivity contribution is 6.40. The maximum atomic E-state index is 12.1. The topological polar surface area (TPSA) is 49.4 Å². The highest BCUT2D eigenvalue weighted by Crippen LogP contribution is 2.21. The molecule has 0 aromatic heterocycles. The van der Waals surface area contributed by atoms with Crippen LogP contribution in [0.5, 0.6) is 0 Å². The lowest BCUT2D eigenvalue weighted by atomic mass is 10.1. The number of likely N-dealkylation sites (N-methyl/N-ethyl adjacent to an activating group) is 1. The average molecular weight is 351 g/mol. The number of amides is 2. The Morgan fingerprint density at radius 1 is 1.09 bits per heavy atom. The Hall–Kier alpha value is -2.04. The van der Waals surface area contributed by atoms with Gasteiger partial charge in [0.25, 0.3) is 0 Å². The molecular formula is C17H16Cl2N2O2. The van der Waals surface area contributed by atoms with E-state index in [1.165, 1.54) is 4.90 Å². The number of anilines is 1. The van der Waals surface area contributed by atoms with Crippen LogP contribution in [-0.4, -0.2) is 25.4 Å². The number of rotatable bonds is 4. The van der Waals surface area contributed by atoms with Crippen molar-refractivity contribution < 1.29 is 9.59 Å². The van der Waals surface area contributed by atoms with Gasteiger partial charge in [0.1, 0.15) is 0 Å². The van der Waals surface area contributed by atoms with E-state index >= 15 is 0 Å². The minimum atomic E-state index is -0.651. The summed E-state index contributed by atoms with van der Waals surface area (Å²) in [7, 11) is 1.56. The molecule has 120 valence electrons. The summed E-state index contributed by atoms with van der Waals surface area (Å²) < 4.78 is 0. The normalized spacial score (nSPS) is 10.2. The quantitative estimate of drug-likeness (QED) is 0.860. The number of hydrogen-bond donors (Lipinski definition) is 1. The van der Waals surface area contributed by atoms with Gasteiger partial charge in [-0.2, -0.15) is 0 Å². The van der Waals surface area contributed by atoms with Crippen molar-refractivity contribution in [3.63, 3.8) is 0 Å². The van der Waals surface area contributed by atoms with Crippen LogP contribution in [0.3, 0.4) is 0 Å². The summed E-state index contributed by atoms with van der Waals surface area (Å²) in [5.41, 5.74) is 1.52. The second-order valence-electron chi connectivity index (χ2n) is 4.94. The second-order valence-corrected chi connectivity index (χ2v) is 5.78. The summed E-state index contributed by atoms with van der Waals surface area (Å²) in [6, 6.07) is 14.2. The van der Waals surface area contributed by atoms with E-state index in [0.29, 0.717) is 28.7 Å². The molecule has 0 fully saturated rings. The molecule has 0 aliphatic carbocycles. The van der Waals surface area contributed by atoms with Crippen molar-refractivity contribution in [1.29, 1.82) is 0 Å². The van der Waals surface area contributed by atoms with E-state index in [0.717, 1.165) is 5.56 Å².